The zero-order valence-electron chi connectivity index (χ0n) is 29.9. The minimum absolute atomic E-state index is 0.00259. The van der Waals surface area contributed by atoms with Crippen LogP contribution in [0.5, 0.6) is 0 Å². The van der Waals surface area contributed by atoms with E-state index in [-0.39, 0.29) is 15.8 Å². The summed E-state index contributed by atoms with van der Waals surface area (Å²) in [6, 6.07) is 7.13. The SMILES string of the molecule is CCCCC(CC)CP(Cc1cccc(CP(CC(CC)CCCC)CC(CC)CCCC)n1)CC(CC)CCCC. The number of unbranched alkanes of at least 4 members (excludes halogenated alkanes) is 4. The van der Waals surface area contributed by atoms with Crippen molar-refractivity contribution in [1.82, 2.24) is 4.98 Å². The maximum atomic E-state index is 5.47. The normalized spacial score (nSPS) is 16.2. The van der Waals surface area contributed by atoms with Crippen molar-refractivity contribution in [2.24, 2.45) is 23.7 Å². The number of aromatic nitrogens is 1. The van der Waals surface area contributed by atoms with Crippen LogP contribution in [0.25, 0.3) is 0 Å². The van der Waals surface area contributed by atoms with Gasteiger partial charge in [0.15, 0.2) is 0 Å². The van der Waals surface area contributed by atoms with Crippen LogP contribution in [0.3, 0.4) is 0 Å². The zero-order valence-corrected chi connectivity index (χ0v) is 31.7. The van der Waals surface area contributed by atoms with Crippen LogP contribution in [-0.2, 0) is 12.3 Å². The molecule has 1 rings (SSSR count). The number of nitrogens with zero attached hydrogens (tertiary/aromatic N) is 1. The van der Waals surface area contributed by atoms with Crippen molar-refractivity contribution in [3.63, 3.8) is 0 Å². The van der Waals surface area contributed by atoms with Crippen molar-refractivity contribution in [3.8, 4) is 0 Å². The fourth-order valence-corrected chi connectivity index (χ4v) is 13.5. The monoisotopic (exact) mass is 620 g/mol. The second-order valence-electron chi connectivity index (χ2n) is 13.7. The molecule has 4 unspecified atom stereocenters. The molecule has 0 aliphatic rings. The smallest absolute Gasteiger partial charge is 0.0449 e. The van der Waals surface area contributed by atoms with Gasteiger partial charge in [0.2, 0.25) is 0 Å². The van der Waals surface area contributed by atoms with Gasteiger partial charge in [-0.1, -0.05) is 164 Å². The van der Waals surface area contributed by atoms with E-state index >= 15 is 0 Å². The van der Waals surface area contributed by atoms with Crippen molar-refractivity contribution in [3.05, 3.63) is 29.6 Å². The molecule has 0 bridgehead atoms. The quantitative estimate of drug-likeness (QED) is 0.0850. The summed E-state index contributed by atoms with van der Waals surface area (Å²) < 4.78 is 0. The standard InChI is InChI=1S/C39H75NP2/c1-9-17-22-34(13-5)28-41(29-35(14-6)23-18-10-2)32-38-26-21-27-39(40-38)33-42(30-36(15-7)24-19-11-3)31-37(16-8)25-20-12-4/h21,26-27,34-37H,9-20,22-25,28-33H2,1-8H3. The van der Waals surface area contributed by atoms with Crippen LogP contribution in [-0.4, -0.2) is 29.6 Å². The molecule has 0 spiro atoms. The Labute approximate surface area is 268 Å². The predicted octanol–water partition coefficient (Wildman–Crippen LogP) is 13.9. The minimum Gasteiger partial charge on any atom is -0.257 e. The second kappa shape index (κ2) is 26.2. The highest BCUT2D eigenvalue weighted by molar-refractivity contribution is 7.57. The maximum absolute atomic E-state index is 5.47. The molecule has 0 saturated carbocycles. The van der Waals surface area contributed by atoms with E-state index in [1.807, 2.05) is 0 Å². The molecule has 0 radical (unpaired) electrons. The minimum atomic E-state index is 0.00259. The molecule has 0 saturated heterocycles. The Kier molecular flexibility index (Phi) is 25.0. The topological polar surface area (TPSA) is 12.9 Å². The summed E-state index contributed by atoms with van der Waals surface area (Å²) in [5.41, 5.74) is 2.83. The van der Waals surface area contributed by atoms with Crippen LogP contribution in [0.1, 0.15) is 170 Å². The van der Waals surface area contributed by atoms with Crippen LogP contribution in [0.4, 0.5) is 0 Å². The number of hydrogen-bond acceptors (Lipinski definition) is 1. The predicted molar refractivity (Wildman–Crippen MR) is 198 cm³/mol. The molecule has 0 amide bonds. The van der Waals surface area contributed by atoms with Gasteiger partial charge in [-0.25, -0.2) is 0 Å². The second-order valence-corrected chi connectivity index (χ2v) is 18.5. The molecule has 4 atom stereocenters. The lowest BCUT2D eigenvalue weighted by Gasteiger charge is -2.28. The van der Waals surface area contributed by atoms with Gasteiger partial charge in [-0.3, -0.25) is 4.98 Å². The van der Waals surface area contributed by atoms with Crippen molar-refractivity contribution in [1.29, 1.82) is 0 Å². The summed E-state index contributed by atoms with van der Waals surface area (Å²) in [5.74, 6) is 3.66. The molecule has 1 nitrogen and oxygen atoms in total. The maximum Gasteiger partial charge on any atom is 0.0449 e. The first kappa shape index (κ1) is 40.0. The van der Waals surface area contributed by atoms with E-state index in [1.54, 1.807) is 0 Å². The first-order valence-corrected chi connectivity index (χ1v) is 22.6. The van der Waals surface area contributed by atoms with Gasteiger partial charge in [-0.2, -0.15) is 0 Å². The third kappa shape index (κ3) is 18.1. The average molecular weight is 620 g/mol. The summed E-state index contributed by atoms with van der Waals surface area (Å²) in [6.45, 7) is 19.2. The number of rotatable bonds is 28. The van der Waals surface area contributed by atoms with Gasteiger partial charge in [-0.05, 0) is 60.5 Å². The Morgan fingerprint density at radius 3 is 1.00 bits per heavy atom. The Bertz CT molecular complexity index is 644. The molecular weight excluding hydrogens is 544 g/mol. The Balaban J connectivity index is 3.12. The van der Waals surface area contributed by atoms with Gasteiger partial charge in [-0.15, -0.1) is 15.8 Å². The van der Waals surface area contributed by atoms with Crippen LogP contribution in [0.2, 0.25) is 0 Å². The first-order valence-electron chi connectivity index (χ1n) is 18.9. The van der Waals surface area contributed by atoms with Crippen LogP contribution < -0.4 is 0 Å². The van der Waals surface area contributed by atoms with Gasteiger partial charge in [0.1, 0.15) is 0 Å². The molecule has 42 heavy (non-hydrogen) atoms. The summed E-state index contributed by atoms with van der Waals surface area (Å²) in [6.07, 6.45) is 30.5. The van der Waals surface area contributed by atoms with E-state index in [2.05, 4.69) is 73.6 Å². The highest BCUT2D eigenvalue weighted by Crippen LogP contribution is 2.48. The zero-order chi connectivity index (χ0) is 31.0. The lowest BCUT2D eigenvalue weighted by molar-refractivity contribution is 0.483. The summed E-state index contributed by atoms with van der Waals surface area (Å²) >= 11 is 0. The Hall–Kier alpha value is 0.01000. The van der Waals surface area contributed by atoms with Gasteiger partial charge in [0, 0.05) is 23.7 Å². The Morgan fingerprint density at radius 2 is 0.762 bits per heavy atom. The first-order chi connectivity index (χ1) is 20.5. The van der Waals surface area contributed by atoms with Crippen molar-refractivity contribution in [2.75, 3.05) is 24.6 Å². The number of pyridine rings is 1. The molecule has 0 aliphatic carbocycles. The van der Waals surface area contributed by atoms with E-state index in [4.69, 9.17) is 4.98 Å². The van der Waals surface area contributed by atoms with E-state index in [0.717, 1.165) is 23.7 Å². The van der Waals surface area contributed by atoms with Gasteiger partial charge >= 0.3 is 0 Å². The molecule has 1 heterocycles. The largest absolute Gasteiger partial charge is 0.257 e. The van der Waals surface area contributed by atoms with E-state index < -0.39 is 0 Å². The molecule has 3 heteroatoms. The lowest BCUT2D eigenvalue weighted by Crippen LogP contribution is -2.13. The van der Waals surface area contributed by atoms with Gasteiger partial charge in [0.25, 0.3) is 0 Å². The molecule has 246 valence electrons. The van der Waals surface area contributed by atoms with Crippen molar-refractivity contribution >= 4 is 15.8 Å². The van der Waals surface area contributed by atoms with E-state index in [0.29, 0.717) is 0 Å². The third-order valence-corrected chi connectivity index (χ3v) is 15.5. The molecular formula is C39H75NP2. The van der Waals surface area contributed by atoms with Crippen LogP contribution in [0.15, 0.2) is 18.2 Å². The molecule has 1 aromatic rings. The molecule has 0 fully saturated rings. The molecule has 0 aromatic carbocycles. The molecule has 1 aromatic heterocycles. The van der Waals surface area contributed by atoms with Crippen molar-refractivity contribution < 1.29 is 0 Å². The van der Waals surface area contributed by atoms with Crippen molar-refractivity contribution in [2.45, 2.75) is 170 Å². The van der Waals surface area contributed by atoms with E-state index in [9.17, 15) is 0 Å². The fraction of sp³-hybridized carbons (Fsp3) is 0.872. The molecule has 0 N–H and O–H groups in total. The summed E-state index contributed by atoms with van der Waals surface area (Å²) in [4.78, 5) is 5.47. The van der Waals surface area contributed by atoms with Crippen LogP contribution in [0, 0.1) is 23.7 Å². The fourth-order valence-electron chi connectivity index (χ4n) is 6.70. The summed E-state index contributed by atoms with van der Waals surface area (Å²) in [5, 5.41) is 0. The number of hydrogen-bond donors (Lipinski definition) is 0. The Morgan fingerprint density at radius 1 is 0.476 bits per heavy atom. The average Bonchev–Trinajstić information content (AvgIpc) is 3.01. The van der Waals surface area contributed by atoms with Crippen LogP contribution >= 0.6 is 15.8 Å². The van der Waals surface area contributed by atoms with Gasteiger partial charge < -0.3 is 0 Å². The highest BCUT2D eigenvalue weighted by Gasteiger charge is 2.22. The highest BCUT2D eigenvalue weighted by atomic mass is 31.1. The van der Waals surface area contributed by atoms with E-state index in [1.165, 1.54) is 151 Å². The lowest BCUT2D eigenvalue weighted by atomic mass is 10.0. The summed E-state index contributed by atoms with van der Waals surface area (Å²) in [7, 11) is 0.00518. The molecule has 0 aliphatic heterocycles. The van der Waals surface area contributed by atoms with Gasteiger partial charge in [0.05, 0.1) is 0 Å². The third-order valence-electron chi connectivity index (χ3n) is 9.87.